The lowest BCUT2D eigenvalue weighted by atomic mass is 10.2. The number of aromatic nitrogens is 3. The Labute approximate surface area is 173 Å². The molecule has 2 heterocycles. The molecule has 0 unspecified atom stereocenters. The van der Waals surface area contributed by atoms with Gasteiger partial charge in [0.1, 0.15) is 0 Å². The molecule has 0 atom stereocenters. The highest BCUT2D eigenvalue weighted by molar-refractivity contribution is 7.07. The molecule has 0 aliphatic carbocycles. The molecule has 2 aromatic heterocycles. The number of hydrogen-bond donors (Lipinski definition) is 0. The Bertz CT molecular complexity index is 1090. The smallest absolute Gasteiger partial charge is 0.190 e. The predicted octanol–water partition coefficient (Wildman–Crippen LogP) is 5.70. The van der Waals surface area contributed by atoms with Crippen molar-refractivity contribution in [3.8, 4) is 11.3 Å². The van der Waals surface area contributed by atoms with Gasteiger partial charge in [0.2, 0.25) is 0 Å². The van der Waals surface area contributed by atoms with Gasteiger partial charge in [0.15, 0.2) is 4.80 Å². The summed E-state index contributed by atoms with van der Waals surface area (Å²) in [5.41, 5.74) is 4.52. The standard InChI is InChI=1S/C22H21ClN4S/c1-17-3-9-20(10-4-17)25-22-27(13-2-12-26-14-11-24-16-26)21(15-28-22)18-5-7-19(23)8-6-18/h3-11,14-16H,2,12-13H2,1H3. The molecule has 0 N–H and O–H groups in total. The van der Waals surface area contributed by atoms with E-state index in [1.807, 2.05) is 30.9 Å². The lowest BCUT2D eigenvalue weighted by Gasteiger charge is -2.10. The number of imidazole rings is 1. The van der Waals surface area contributed by atoms with Crippen molar-refractivity contribution < 1.29 is 0 Å². The largest absolute Gasteiger partial charge is 0.337 e. The second kappa shape index (κ2) is 8.59. The van der Waals surface area contributed by atoms with Gasteiger partial charge in [-0.3, -0.25) is 0 Å². The van der Waals surface area contributed by atoms with Gasteiger partial charge in [-0.25, -0.2) is 9.98 Å². The van der Waals surface area contributed by atoms with Crippen LogP contribution in [-0.4, -0.2) is 14.1 Å². The van der Waals surface area contributed by atoms with Gasteiger partial charge in [0.25, 0.3) is 0 Å². The second-order valence-corrected chi connectivity index (χ2v) is 7.94. The maximum atomic E-state index is 6.07. The number of aryl methyl sites for hydroxylation is 2. The van der Waals surface area contributed by atoms with Gasteiger partial charge in [-0.05, 0) is 43.2 Å². The quantitative estimate of drug-likeness (QED) is 0.403. The van der Waals surface area contributed by atoms with E-state index in [4.69, 9.17) is 16.6 Å². The minimum absolute atomic E-state index is 0.746. The highest BCUT2D eigenvalue weighted by Gasteiger charge is 2.08. The molecule has 6 heteroatoms. The minimum atomic E-state index is 0.746. The summed E-state index contributed by atoms with van der Waals surface area (Å²) in [4.78, 5) is 10.0. The van der Waals surface area contributed by atoms with Gasteiger partial charge in [0, 0.05) is 35.9 Å². The summed E-state index contributed by atoms with van der Waals surface area (Å²) in [6.07, 6.45) is 6.66. The van der Waals surface area contributed by atoms with Crippen LogP contribution in [0, 0.1) is 6.92 Å². The van der Waals surface area contributed by atoms with Crippen LogP contribution in [0.5, 0.6) is 0 Å². The van der Waals surface area contributed by atoms with E-state index in [9.17, 15) is 0 Å². The maximum Gasteiger partial charge on any atom is 0.190 e. The molecule has 4 nitrogen and oxygen atoms in total. The van der Waals surface area contributed by atoms with E-state index >= 15 is 0 Å². The molecule has 0 aliphatic heterocycles. The number of thiazole rings is 1. The molecule has 0 amide bonds. The van der Waals surface area contributed by atoms with E-state index in [-0.39, 0.29) is 0 Å². The summed E-state index contributed by atoms with van der Waals surface area (Å²) in [5, 5.41) is 2.92. The van der Waals surface area contributed by atoms with Crippen LogP contribution in [0.3, 0.4) is 0 Å². The number of rotatable bonds is 6. The minimum Gasteiger partial charge on any atom is -0.337 e. The first kappa shape index (κ1) is 18.7. The fourth-order valence-electron chi connectivity index (χ4n) is 3.05. The number of nitrogens with zero attached hydrogens (tertiary/aromatic N) is 4. The van der Waals surface area contributed by atoms with Crippen LogP contribution in [0.15, 0.2) is 77.6 Å². The molecule has 28 heavy (non-hydrogen) atoms. The molecule has 0 radical (unpaired) electrons. The van der Waals surface area contributed by atoms with Gasteiger partial charge < -0.3 is 9.13 Å². The SMILES string of the molecule is Cc1ccc(N=c2scc(-c3ccc(Cl)cc3)n2CCCn2ccnc2)cc1. The molecule has 0 spiro atoms. The van der Waals surface area contributed by atoms with Crippen LogP contribution in [0.4, 0.5) is 5.69 Å². The Morgan fingerprint density at radius 2 is 1.82 bits per heavy atom. The predicted molar refractivity (Wildman–Crippen MR) is 116 cm³/mol. The first-order valence-electron chi connectivity index (χ1n) is 9.20. The van der Waals surface area contributed by atoms with Gasteiger partial charge >= 0.3 is 0 Å². The second-order valence-electron chi connectivity index (χ2n) is 6.66. The normalized spacial score (nSPS) is 11.9. The average molecular weight is 409 g/mol. The molecule has 0 bridgehead atoms. The zero-order chi connectivity index (χ0) is 19.3. The van der Waals surface area contributed by atoms with Gasteiger partial charge in [-0.1, -0.05) is 41.4 Å². The monoisotopic (exact) mass is 408 g/mol. The van der Waals surface area contributed by atoms with Crippen molar-refractivity contribution in [2.75, 3.05) is 0 Å². The van der Waals surface area contributed by atoms with E-state index in [0.717, 1.165) is 46.3 Å². The highest BCUT2D eigenvalue weighted by Crippen LogP contribution is 2.23. The van der Waals surface area contributed by atoms with E-state index in [1.54, 1.807) is 11.3 Å². The van der Waals surface area contributed by atoms with E-state index in [2.05, 4.69) is 62.8 Å². The summed E-state index contributed by atoms with van der Waals surface area (Å²) in [7, 11) is 0. The first-order chi connectivity index (χ1) is 13.7. The van der Waals surface area contributed by atoms with Crippen molar-refractivity contribution in [2.45, 2.75) is 26.4 Å². The number of halogens is 1. The Kier molecular flexibility index (Phi) is 5.74. The van der Waals surface area contributed by atoms with Gasteiger partial charge in [-0.2, -0.15) is 0 Å². The Hall–Kier alpha value is -2.63. The maximum absolute atomic E-state index is 6.07. The van der Waals surface area contributed by atoms with E-state index in [0.29, 0.717) is 0 Å². The Morgan fingerprint density at radius 1 is 1.04 bits per heavy atom. The summed E-state index contributed by atoms with van der Waals surface area (Å²) in [5.74, 6) is 0. The van der Waals surface area contributed by atoms with Crippen LogP contribution in [0.1, 0.15) is 12.0 Å². The van der Waals surface area contributed by atoms with Crippen LogP contribution in [0.2, 0.25) is 5.02 Å². The van der Waals surface area contributed by atoms with Crippen molar-refractivity contribution in [1.29, 1.82) is 0 Å². The molecule has 0 saturated heterocycles. The lowest BCUT2D eigenvalue weighted by molar-refractivity contribution is 0.559. The average Bonchev–Trinajstić information content (AvgIpc) is 3.35. The molecule has 2 aromatic carbocycles. The molecule has 4 aromatic rings. The topological polar surface area (TPSA) is 35.1 Å². The molecule has 0 aliphatic rings. The van der Waals surface area contributed by atoms with Crippen LogP contribution < -0.4 is 4.80 Å². The molecular formula is C22H21ClN4S. The zero-order valence-electron chi connectivity index (χ0n) is 15.6. The lowest BCUT2D eigenvalue weighted by Crippen LogP contribution is -2.17. The van der Waals surface area contributed by atoms with Crippen molar-refractivity contribution in [1.82, 2.24) is 14.1 Å². The third-order valence-corrected chi connectivity index (χ3v) is 5.67. The fraction of sp³-hybridized carbons (Fsp3) is 0.182. The molecule has 0 fully saturated rings. The van der Waals surface area contributed by atoms with Gasteiger partial charge in [-0.15, -0.1) is 11.3 Å². The number of hydrogen-bond acceptors (Lipinski definition) is 3. The van der Waals surface area contributed by atoms with E-state index in [1.165, 1.54) is 5.56 Å². The molecule has 142 valence electrons. The Balaban J connectivity index is 1.68. The highest BCUT2D eigenvalue weighted by atomic mass is 35.5. The van der Waals surface area contributed by atoms with E-state index < -0.39 is 0 Å². The van der Waals surface area contributed by atoms with Crippen molar-refractivity contribution in [2.24, 2.45) is 4.99 Å². The van der Waals surface area contributed by atoms with Crippen molar-refractivity contribution in [3.63, 3.8) is 0 Å². The zero-order valence-corrected chi connectivity index (χ0v) is 17.2. The third kappa shape index (κ3) is 4.43. The molecular weight excluding hydrogens is 388 g/mol. The van der Waals surface area contributed by atoms with Crippen LogP contribution >= 0.6 is 22.9 Å². The summed E-state index contributed by atoms with van der Waals surface area (Å²) >= 11 is 7.74. The molecule has 4 rings (SSSR count). The number of benzene rings is 2. The summed E-state index contributed by atoms with van der Waals surface area (Å²) < 4.78 is 4.40. The fourth-order valence-corrected chi connectivity index (χ4v) is 4.13. The Morgan fingerprint density at radius 3 is 2.54 bits per heavy atom. The van der Waals surface area contributed by atoms with Crippen LogP contribution in [0.25, 0.3) is 11.3 Å². The van der Waals surface area contributed by atoms with Crippen molar-refractivity contribution >= 4 is 28.6 Å². The summed E-state index contributed by atoms with van der Waals surface area (Å²) in [6, 6.07) is 16.3. The third-order valence-electron chi connectivity index (χ3n) is 4.55. The van der Waals surface area contributed by atoms with Crippen molar-refractivity contribution in [3.05, 3.63) is 88.0 Å². The molecule has 0 saturated carbocycles. The first-order valence-corrected chi connectivity index (χ1v) is 10.5. The van der Waals surface area contributed by atoms with Gasteiger partial charge in [0.05, 0.1) is 17.7 Å². The van der Waals surface area contributed by atoms with Crippen LogP contribution in [-0.2, 0) is 13.1 Å². The summed E-state index contributed by atoms with van der Waals surface area (Å²) in [6.45, 7) is 3.89.